The summed E-state index contributed by atoms with van der Waals surface area (Å²) in [5.74, 6) is -1.19. The van der Waals surface area contributed by atoms with E-state index < -0.39 is 26.7 Å². The van der Waals surface area contributed by atoms with E-state index in [-0.39, 0.29) is 27.5 Å². The van der Waals surface area contributed by atoms with Gasteiger partial charge >= 0.3 is 0 Å². The number of sulfonamides is 1. The van der Waals surface area contributed by atoms with Crippen LogP contribution in [0, 0.1) is 15.9 Å². The molecule has 1 amide bonds. The molecular formula is C19H14FN3O5S. The Morgan fingerprint density at radius 1 is 0.897 bits per heavy atom. The van der Waals surface area contributed by atoms with Crippen LogP contribution in [-0.4, -0.2) is 19.2 Å². The zero-order valence-corrected chi connectivity index (χ0v) is 15.5. The molecule has 0 fully saturated rings. The van der Waals surface area contributed by atoms with Gasteiger partial charge in [0, 0.05) is 17.4 Å². The van der Waals surface area contributed by atoms with Gasteiger partial charge in [-0.2, -0.15) is 0 Å². The number of anilines is 2. The molecule has 0 aliphatic carbocycles. The van der Waals surface area contributed by atoms with Crippen molar-refractivity contribution in [2.24, 2.45) is 0 Å². The molecule has 0 saturated carbocycles. The highest BCUT2D eigenvalue weighted by atomic mass is 32.2. The molecule has 0 aliphatic rings. The van der Waals surface area contributed by atoms with Crippen LogP contribution in [0.5, 0.6) is 0 Å². The fourth-order valence-electron chi connectivity index (χ4n) is 2.47. The van der Waals surface area contributed by atoms with E-state index in [4.69, 9.17) is 0 Å². The van der Waals surface area contributed by atoms with E-state index in [1.54, 1.807) is 0 Å². The number of halogens is 1. The monoisotopic (exact) mass is 415 g/mol. The lowest BCUT2D eigenvalue weighted by molar-refractivity contribution is -0.385. The van der Waals surface area contributed by atoms with Gasteiger partial charge in [-0.25, -0.2) is 12.8 Å². The summed E-state index contributed by atoms with van der Waals surface area (Å²) < 4.78 is 40.0. The smallest absolute Gasteiger partial charge is 0.282 e. The van der Waals surface area contributed by atoms with Crippen LogP contribution in [0.2, 0.25) is 0 Å². The molecule has 0 radical (unpaired) electrons. The largest absolute Gasteiger partial charge is 0.322 e. The number of nitrogens with one attached hydrogen (secondary N) is 2. The van der Waals surface area contributed by atoms with Gasteiger partial charge in [-0.3, -0.25) is 19.6 Å². The Labute approximate surface area is 165 Å². The number of carbonyl (C=O) groups is 1. The van der Waals surface area contributed by atoms with Gasteiger partial charge in [0.2, 0.25) is 0 Å². The molecule has 0 heterocycles. The van der Waals surface area contributed by atoms with Gasteiger partial charge < -0.3 is 5.32 Å². The Bertz CT molecular complexity index is 1160. The van der Waals surface area contributed by atoms with Crippen molar-refractivity contribution in [2.75, 3.05) is 10.0 Å². The molecule has 3 aromatic rings. The number of para-hydroxylation sites is 1. The quantitative estimate of drug-likeness (QED) is 0.469. The fourth-order valence-corrected chi connectivity index (χ4v) is 3.53. The summed E-state index contributed by atoms with van der Waals surface area (Å²) in [6.07, 6.45) is 0. The summed E-state index contributed by atoms with van der Waals surface area (Å²) >= 11 is 0. The molecule has 148 valence electrons. The first-order chi connectivity index (χ1) is 13.8. The van der Waals surface area contributed by atoms with Gasteiger partial charge in [0.1, 0.15) is 11.4 Å². The van der Waals surface area contributed by atoms with E-state index in [0.717, 1.165) is 12.1 Å². The zero-order chi connectivity index (χ0) is 21.0. The average Bonchev–Trinajstić information content (AvgIpc) is 2.70. The summed E-state index contributed by atoms with van der Waals surface area (Å²) in [6, 6.07) is 15.5. The van der Waals surface area contributed by atoms with Gasteiger partial charge in [-0.1, -0.05) is 12.1 Å². The number of nitro groups is 1. The van der Waals surface area contributed by atoms with Gasteiger partial charge in [-0.05, 0) is 54.6 Å². The minimum Gasteiger partial charge on any atom is -0.322 e. The van der Waals surface area contributed by atoms with E-state index in [0.29, 0.717) is 0 Å². The van der Waals surface area contributed by atoms with E-state index in [1.165, 1.54) is 60.7 Å². The molecule has 2 N–H and O–H groups in total. The third kappa shape index (κ3) is 4.74. The molecule has 0 unspecified atom stereocenters. The number of nitrogens with zero attached hydrogens (tertiary/aromatic N) is 1. The van der Waals surface area contributed by atoms with Crippen molar-refractivity contribution >= 4 is 33.0 Å². The molecule has 0 aromatic heterocycles. The van der Waals surface area contributed by atoms with Crippen LogP contribution in [0.3, 0.4) is 0 Å². The predicted molar refractivity (Wildman–Crippen MR) is 105 cm³/mol. The second kappa shape index (κ2) is 8.07. The summed E-state index contributed by atoms with van der Waals surface area (Å²) in [4.78, 5) is 22.6. The highest BCUT2D eigenvalue weighted by Gasteiger charge is 2.20. The molecule has 0 atom stereocenters. The summed E-state index contributed by atoms with van der Waals surface area (Å²) in [6.45, 7) is 0. The van der Waals surface area contributed by atoms with Crippen molar-refractivity contribution in [3.8, 4) is 0 Å². The van der Waals surface area contributed by atoms with Crippen LogP contribution in [0.4, 0.5) is 21.5 Å². The Hall–Kier alpha value is -3.79. The van der Waals surface area contributed by atoms with Gasteiger partial charge in [0.25, 0.3) is 21.6 Å². The SMILES string of the molecule is O=C(Nc1ccc(S(=O)(=O)Nc2ccc(F)cc2)cc1)c1ccccc1[N+](=O)[O-]. The van der Waals surface area contributed by atoms with E-state index in [9.17, 15) is 27.7 Å². The molecule has 0 aliphatic heterocycles. The Kier molecular flexibility index (Phi) is 5.55. The van der Waals surface area contributed by atoms with Crippen molar-refractivity contribution < 1.29 is 22.5 Å². The third-order valence-corrected chi connectivity index (χ3v) is 5.26. The van der Waals surface area contributed by atoms with Crippen molar-refractivity contribution in [2.45, 2.75) is 4.90 Å². The fraction of sp³-hybridized carbons (Fsp3) is 0. The maximum Gasteiger partial charge on any atom is 0.282 e. The number of amides is 1. The second-order valence-corrected chi connectivity index (χ2v) is 7.55. The number of hydrogen-bond acceptors (Lipinski definition) is 5. The molecule has 3 rings (SSSR count). The zero-order valence-electron chi connectivity index (χ0n) is 14.7. The van der Waals surface area contributed by atoms with E-state index in [2.05, 4.69) is 10.0 Å². The Balaban J connectivity index is 1.75. The van der Waals surface area contributed by atoms with Crippen LogP contribution >= 0.6 is 0 Å². The van der Waals surface area contributed by atoms with Gasteiger partial charge in [-0.15, -0.1) is 0 Å². The maximum absolute atomic E-state index is 12.9. The molecule has 8 nitrogen and oxygen atoms in total. The summed E-state index contributed by atoms with van der Waals surface area (Å²) in [5, 5.41) is 13.5. The van der Waals surface area contributed by atoms with E-state index in [1.807, 2.05) is 0 Å². The predicted octanol–water partition coefficient (Wildman–Crippen LogP) is 3.79. The number of nitro benzene ring substituents is 1. The van der Waals surface area contributed by atoms with Crippen molar-refractivity contribution in [1.29, 1.82) is 0 Å². The van der Waals surface area contributed by atoms with Crippen LogP contribution in [-0.2, 0) is 10.0 Å². The van der Waals surface area contributed by atoms with Crippen molar-refractivity contribution in [3.63, 3.8) is 0 Å². The van der Waals surface area contributed by atoms with E-state index >= 15 is 0 Å². The summed E-state index contributed by atoms with van der Waals surface area (Å²) in [5.41, 5.74) is -0.00563. The first-order valence-electron chi connectivity index (χ1n) is 8.19. The lowest BCUT2D eigenvalue weighted by Crippen LogP contribution is -2.15. The normalized spacial score (nSPS) is 10.9. The lowest BCUT2D eigenvalue weighted by atomic mass is 10.1. The number of rotatable bonds is 6. The molecule has 0 bridgehead atoms. The van der Waals surface area contributed by atoms with Crippen LogP contribution in [0.1, 0.15) is 10.4 Å². The minimum absolute atomic E-state index is 0.0782. The topological polar surface area (TPSA) is 118 Å². The number of hydrogen-bond donors (Lipinski definition) is 2. The molecule has 0 spiro atoms. The standard InChI is InChI=1S/C19H14FN3O5S/c20-13-5-7-15(8-6-13)22-29(27,28)16-11-9-14(10-12-16)21-19(24)17-3-1-2-4-18(17)23(25)26/h1-12,22H,(H,21,24). The third-order valence-electron chi connectivity index (χ3n) is 3.86. The minimum atomic E-state index is -3.92. The van der Waals surface area contributed by atoms with Crippen LogP contribution in [0.15, 0.2) is 77.7 Å². The van der Waals surface area contributed by atoms with Gasteiger partial charge in [0.15, 0.2) is 0 Å². The van der Waals surface area contributed by atoms with Gasteiger partial charge in [0.05, 0.1) is 9.82 Å². The second-order valence-electron chi connectivity index (χ2n) is 5.87. The van der Waals surface area contributed by atoms with Crippen LogP contribution < -0.4 is 10.0 Å². The Morgan fingerprint density at radius 2 is 1.48 bits per heavy atom. The average molecular weight is 415 g/mol. The number of benzene rings is 3. The molecule has 3 aromatic carbocycles. The number of carbonyl (C=O) groups excluding carboxylic acids is 1. The first-order valence-corrected chi connectivity index (χ1v) is 9.68. The lowest BCUT2D eigenvalue weighted by Gasteiger charge is -2.10. The molecule has 0 saturated heterocycles. The highest BCUT2D eigenvalue weighted by Crippen LogP contribution is 2.21. The Morgan fingerprint density at radius 3 is 2.10 bits per heavy atom. The molecule has 29 heavy (non-hydrogen) atoms. The van der Waals surface area contributed by atoms with Crippen molar-refractivity contribution in [3.05, 3.63) is 94.3 Å². The molecule has 10 heteroatoms. The maximum atomic E-state index is 12.9. The summed E-state index contributed by atoms with van der Waals surface area (Å²) in [7, 11) is -3.92. The highest BCUT2D eigenvalue weighted by molar-refractivity contribution is 7.92. The first kappa shape index (κ1) is 20.0. The van der Waals surface area contributed by atoms with Crippen LogP contribution in [0.25, 0.3) is 0 Å². The molecular weight excluding hydrogens is 401 g/mol. The van der Waals surface area contributed by atoms with Crippen molar-refractivity contribution in [1.82, 2.24) is 0 Å².